The number of ether oxygens (including phenoxy) is 1. The average molecular weight is 278 g/mol. The van der Waals surface area contributed by atoms with Gasteiger partial charge >= 0.3 is 0 Å². The van der Waals surface area contributed by atoms with Crippen molar-refractivity contribution in [3.63, 3.8) is 0 Å². The van der Waals surface area contributed by atoms with E-state index in [1.165, 1.54) is 31.7 Å². The van der Waals surface area contributed by atoms with Gasteiger partial charge in [0.25, 0.3) is 5.69 Å². The van der Waals surface area contributed by atoms with Crippen molar-refractivity contribution >= 4 is 5.69 Å². The predicted molar refractivity (Wildman–Crippen MR) is 77.9 cm³/mol. The Bertz CT molecular complexity index is 476. The van der Waals surface area contributed by atoms with Crippen LogP contribution in [0.2, 0.25) is 0 Å². The fraction of sp³-hybridized carbons (Fsp3) is 0.600. The Morgan fingerprint density at radius 2 is 2.15 bits per heavy atom. The maximum atomic E-state index is 10.9. The molecule has 5 heteroatoms. The fourth-order valence-corrected chi connectivity index (χ4v) is 2.88. The Hall–Kier alpha value is -1.62. The largest absolute Gasteiger partial charge is 0.496 e. The molecule has 0 spiro atoms. The highest BCUT2D eigenvalue weighted by atomic mass is 16.6. The molecule has 0 saturated heterocycles. The molecule has 1 aromatic rings. The molecular weight excluding hydrogens is 256 g/mol. The Morgan fingerprint density at radius 1 is 1.40 bits per heavy atom. The van der Waals surface area contributed by atoms with Crippen LogP contribution in [0.5, 0.6) is 5.75 Å². The van der Waals surface area contributed by atoms with Gasteiger partial charge in [0.2, 0.25) is 0 Å². The van der Waals surface area contributed by atoms with Gasteiger partial charge in [-0.05, 0) is 24.8 Å². The molecule has 20 heavy (non-hydrogen) atoms. The van der Waals surface area contributed by atoms with Gasteiger partial charge in [-0.15, -0.1) is 0 Å². The van der Waals surface area contributed by atoms with Crippen LogP contribution in [0.3, 0.4) is 0 Å². The van der Waals surface area contributed by atoms with E-state index in [1.54, 1.807) is 19.2 Å². The van der Waals surface area contributed by atoms with Gasteiger partial charge in [0.05, 0.1) is 12.0 Å². The van der Waals surface area contributed by atoms with Gasteiger partial charge in [0.15, 0.2) is 0 Å². The molecule has 2 atom stereocenters. The second-order valence-electron chi connectivity index (χ2n) is 5.50. The quantitative estimate of drug-likeness (QED) is 0.663. The highest BCUT2D eigenvalue weighted by molar-refractivity contribution is 5.43. The number of nitro benzene ring substituents is 1. The van der Waals surface area contributed by atoms with Crippen LogP contribution >= 0.6 is 0 Å². The van der Waals surface area contributed by atoms with E-state index in [0.717, 1.165) is 5.56 Å². The summed E-state index contributed by atoms with van der Waals surface area (Å²) in [5.74, 6) is 1.36. The van der Waals surface area contributed by atoms with Gasteiger partial charge in [0.1, 0.15) is 5.75 Å². The molecule has 110 valence electrons. The molecule has 1 N–H and O–H groups in total. The number of hydrogen-bond acceptors (Lipinski definition) is 4. The molecule has 1 saturated carbocycles. The molecule has 1 aromatic carbocycles. The first-order valence-corrected chi connectivity index (χ1v) is 7.16. The molecule has 1 fully saturated rings. The summed E-state index contributed by atoms with van der Waals surface area (Å²) in [7, 11) is 1.59. The van der Waals surface area contributed by atoms with Crippen LogP contribution in [0.4, 0.5) is 5.69 Å². The summed E-state index contributed by atoms with van der Waals surface area (Å²) >= 11 is 0. The monoisotopic (exact) mass is 278 g/mol. The Morgan fingerprint density at radius 3 is 2.80 bits per heavy atom. The van der Waals surface area contributed by atoms with Crippen molar-refractivity contribution in [3.05, 3.63) is 33.9 Å². The van der Waals surface area contributed by atoms with Crippen molar-refractivity contribution in [2.45, 2.75) is 45.2 Å². The molecule has 0 bridgehead atoms. The first kappa shape index (κ1) is 14.8. The molecule has 5 nitrogen and oxygen atoms in total. The maximum absolute atomic E-state index is 10.9. The van der Waals surface area contributed by atoms with E-state index in [9.17, 15) is 10.1 Å². The second kappa shape index (κ2) is 6.70. The third-order valence-electron chi connectivity index (χ3n) is 4.14. The van der Waals surface area contributed by atoms with Crippen molar-refractivity contribution in [3.8, 4) is 5.75 Å². The van der Waals surface area contributed by atoms with Crippen molar-refractivity contribution in [1.82, 2.24) is 5.32 Å². The van der Waals surface area contributed by atoms with Gasteiger partial charge < -0.3 is 10.1 Å². The van der Waals surface area contributed by atoms with Crippen molar-refractivity contribution < 1.29 is 9.66 Å². The Balaban J connectivity index is 2.07. The highest BCUT2D eigenvalue weighted by Crippen LogP contribution is 2.27. The van der Waals surface area contributed by atoms with Crippen molar-refractivity contribution in [2.75, 3.05) is 7.11 Å². The second-order valence-corrected chi connectivity index (χ2v) is 5.50. The smallest absolute Gasteiger partial charge is 0.270 e. The van der Waals surface area contributed by atoms with Crippen LogP contribution in [-0.2, 0) is 6.54 Å². The number of nitro groups is 1. The van der Waals surface area contributed by atoms with Gasteiger partial charge in [-0.2, -0.15) is 0 Å². The lowest BCUT2D eigenvalue weighted by atomic mass is 9.86. The molecule has 0 aromatic heterocycles. The molecule has 0 radical (unpaired) electrons. The molecule has 0 heterocycles. The number of nitrogens with zero attached hydrogens (tertiary/aromatic N) is 1. The summed E-state index contributed by atoms with van der Waals surface area (Å²) in [4.78, 5) is 10.5. The topological polar surface area (TPSA) is 64.4 Å². The zero-order valence-corrected chi connectivity index (χ0v) is 12.1. The van der Waals surface area contributed by atoms with Gasteiger partial charge in [-0.25, -0.2) is 0 Å². The third-order valence-corrected chi connectivity index (χ3v) is 4.14. The predicted octanol–water partition coefficient (Wildman–Crippen LogP) is 3.27. The molecule has 1 aliphatic carbocycles. The van der Waals surface area contributed by atoms with E-state index >= 15 is 0 Å². The minimum absolute atomic E-state index is 0.110. The van der Waals surface area contributed by atoms with E-state index in [4.69, 9.17) is 4.74 Å². The van der Waals surface area contributed by atoms with Gasteiger partial charge in [-0.1, -0.05) is 19.8 Å². The van der Waals surface area contributed by atoms with E-state index in [2.05, 4.69) is 12.2 Å². The number of rotatable bonds is 5. The first-order valence-electron chi connectivity index (χ1n) is 7.16. The summed E-state index contributed by atoms with van der Waals surface area (Å²) in [6, 6.07) is 5.23. The number of hydrogen-bond donors (Lipinski definition) is 1. The molecule has 0 amide bonds. The van der Waals surface area contributed by atoms with Crippen LogP contribution in [0, 0.1) is 16.0 Å². The standard InChI is InChI=1S/C15H22N2O3/c1-11-5-3-4-6-14(11)16-10-12-9-13(17(18)19)7-8-15(12)20-2/h7-9,11,14,16H,3-6,10H2,1-2H3/t11-,14+/m0/s1. The van der Waals surface area contributed by atoms with Gasteiger partial charge in [-0.3, -0.25) is 10.1 Å². The van der Waals surface area contributed by atoms with Crippen molar-refractivity contribution in [2.24, 2.45) is 5.92 Å². The average Bonchev–Trinajstić information content (AvgIpc) is 2.46. The summed E-state index contributed by atoms with van der Waals surface area (Å²) in [5, 5.41) is 14.4. The number of nitrogens with one attached hydrogen (secondary N) is 1. The summed E-state index contributed by atoms with van der Waals surface area (Å²) in [6.45, 7) is 2.88. The molecule has 0 unspecified atom stereocenters. The lowest BCUT2D eigenvalue weighted by Crippen LogP contribution is -2.36. The number of benzene rings is 1. The highest BCUT2D eigenvalue weighted by Gasteiger charge is 2.21. The molecule has 0 aliphatic heterocycles. The Labute approximate surface area is 119 Å². The van der Waals surface area contributed by atoms with E-state index in [-0.39, 0.29) is 10.6 Å². The maximum Gasteiger partial charge on any atom is 0.270 e. The summed E-state index contributed by atoms with van der Waals surface area (Å²) in [6.07, 6.45) is 5.00. The Kier molecular flexibility index (Phi) is 4.95. The van der Waals surface area contributed by atoms with Crippen LogP contribution in [0.15, 0.2) is 18.2 Å². The molecule has 2 rings (SSSR count). The minimum atomic E-state index is -0.369. The zero-order chi connectivity index (χ0) is 14.5. The summed E-state index contributed by atoms with van der Waals surface area (Å²) in [5.41, 5.74) is 0.957. The van der Waals surface area contributed by atoms with Gasteiger partial charge in [0, 0.05) is 30.3 Å². The lowest BCUT2D eigenvalue weighted by molar-refractivity contribution is -0.384. The zero-order valence-electron chi connectivity index (χ0n) is 12.1. The van der Waals surface area contributed by atoms with Crippen LogP contribution < -0.4 is 10.1 Å². The number of non-ortho nitro benzene ring substituents is 1. The lowest BCUT2D eigenvalue weighted by Gasteiger charge is -2.29. The molecule has 1 aliphatic rings. The minimum Gasteiger partial charge on any atom is -0.496 e. The molecular formula is C15H22N2O3. The number of methoxy groups -OCH3 is 1. The third kappa shape index (κ3) is 3.48. The fourth-order valence-electron chi connectivity index (χ4n) is 2.88. The van der Waals surface area contributed by atoms with Crippen molar-refractivity contribution in [1.29, 1.82) is 0 Å². The van der Waals surface area contributed by atoms with E-state index in [0.29, 0.717) is 24.3 Å². The van der Waals surface area contributed by atoms with Crippen LogP contribution in [0.25, 0.3) is 0 Å². The summed E-state index contributed by atoms with van der Waals surface area (Å²) < 4.78 is 5.28. The SMILES string of the molecule is COc1ccc([N+](=O)[O-])cc1CN[C@@H]1CCCC[C@@H]1C. The normalized spacial score (nSPS) is 22.5. The van der Waals surface area contributed by atoms with E-state index < -0.39 is 0 Å². The first-order chi connectivity index (χ1) is 9.61. The van der Waals surface area contributed by atoms with E-state index in [1.807, 2.05) is 0 Å². The van der Waals surface area contributed by atoms with Crippen LogP contribution in [-0.4, -0.2) is 18.1 Å². The van der Waals surface area contributed by atoms with Crippen LogP contribution in [0.1, 0.15) is 38.2 Å².